The first-order valence-electron chi connectivity index (χ1n) is 8.97. The van der Waals surface area contributed by atoms with E-state index in [0.717, 1.165) is 6.54 Å². The summed E-state index contributed by atoms with van der Waals surface area (Å²) in [5.74, 6) is 0. The van der Waals surface area contributed by atoms with E-state index in [9.17, 15) is 0 Å². The van der Waals surface area contributed by atoms with Gasteiger partial charge in [0.2, 0.25) is 0 Å². The monoisotopic (exact) mass is 294 g/mol. The van der Waals surface area contributed by atoms with Crippen LogP contribution < -0.4 is 4.90 Å². The van der Waals surface area contributed by atoms with Gasteiger partial charge in [-0.1, -0.05) is 37.3 Å². The summed E-state index contributed by atoms with van der Waals surface area (Å²) in [4.78, 5) is 5.41. The lowest BCUT2D eigenvalue weighted by Crippen LogP contribution is -2.63. The van der Waals surface area contributed by atoms with Crippen LogP contribution in [0.3, 0.4) is 0 Å². The molecule has 4 aliphatic rings. The van der Waals surface area contributed by atoms with Crippen LogP contribution >= 0.6 is 0 Å². The molecule has 0 radical (unpaired) electrons. The molecular formula is C20H26N2. The molecule has 0 N–H and O–H groups in total. The lowest BCUT2D eigenvalue weighted by molar-refractivity contribution is 0.0322. The van der Waals surface area contributed by atoms with Crippen LogP contribution in [0.25, 0.3) is 0 Å². The minimum Gasteiger partial charge on any atom is -0.370 e. The Kier molecular flexibility index (Phi) is 2.50. The molecule has 22 heavy (non-hydrogen) atoms. The molecule has 116 valence electrons. The summed E-state index contributed by atoms with van der Waals surface area (Å²) in [6.45, 7) is 4.84. The Balaban J connectivity index is 1.77. The van der Waals surface area contributed by atoms with E-state index in [1.165, 1.54) is 37.9 Å². The summed E-state index contributed by atoms with van der Waals surface area (Å²) >= 11 is 0. The summed E-state index contributed by atoms with van der Waals surface area (Å²) in [5, 5.41) is 0. The number of benzene rings is 1. The molecule has 0 unspecified atom stereocenters. The molecule has 0 bridgehead atoms. The smallest absolute Gasteiger partial charge is 0.0406 e. The second-order valence-corrected chi connectivity index (χ2v) is 7.86. The molecule has 1 aromatic carbocycles. The highest BCUT2D eigenvalue weighted by atomic mass is 15.3. The van der Waals surface area contributed by atoms with Gasteiger partial charge in [0.25, 0.3) is 0 Å². The van der Waals surface area contributed by atoms with Crippen molar-refractivity contribution in [3.8, 4) is 0 Å². The lowest BCUT2D eigenvalue weighted by Gasteiger charge is -2.56. The molecule has 3 aliphatic heterocycles. The minimum atomic E-state index is 0.365. The minimum absolute atomic E-state index is 0.365. The van der Waals surface area contributed by atoms with E-state index in [-0.39, 0.29) is 0 Å². The van der Waals surface area contributed by atoms with Crippen molar-refractivity contribution in [2.24, 2.45) is 5.41 Å². The molecule has 1 aromatic rings. The summed E-state index contributed by atoms with van der Waals surface area (Å²) in [7, 11) is 2.33. The topological polar surface area (TPSA) is 6.48 Å². The molecule has 5 rings (SSSR count). The van der Waals surface area contributed by atoms with E-state index in [2.05, 4.69) is 60.2 Å². The van der Waals surface area contributed by atoms with Gasteiger partial charge in [-0.05, 0) is 43.9 Å². The highest BCUT2D eigenvalue weighted by molar-refractivity contribution is 5.66. The molecule has 4 atom stereocenters. The lowest BCUT2D eigenvalue weighted by atomic mass is 9.53. The number of anilines is 1. The number of likely N-dealkylation sites (N-methyl/N-ethyl adjacent to an activating group) is 1. The first kappa shape index (κ1) is 13.2. The summed E-state index contributed by atoms with van der Waals surface area (Å²) in [6.07, 6.45) is 10.4. The second-order valence-electron chi connectivity index (χ2n) is 7.86. The molecule has 1 aliphatic carbocycles. The average molecular weight is 294 g/mol. The van der Waals surface area contributed by atoms with E-state index < -0.39 is 0 Å². The molecule has 1 saturated carbocycles. The van der Waals surface area contributed by atoms with Crippen molar-refractivity contribution in [3.63, 3.8) is 0 Å². The molecule has 2 heteroatoms. The van der Waals surface area contributed by atoms with E-state index in [1.54, 1.807) is 5.56 Å². The molecule has 2 fully saturated rings. The Morgan fingerprint density at radius 3 is 2.95 bits per heavy atom. The van der Waals surface area contributed by atoms with Gasteiger partial charge in [0.05, 0.1) is 0 Å². The maximum absolute atomic E-state index is 2.80. The first-order chi connectivity index (χ1) is 10.7. The summed E-state index contributed by atoms with van der Waals surface area (Å²) < 4.78 is 0. The zero-order valence-corrected chi connectivity index (χ0v) is 13.8. The van der Waals surface area contributed by atoms with Crippen LogP contribution in [0.2, 0.25) is 0 Å². The van der Waals surface area contributed by atoms with Crippen molar-refractivity contribution in [3.05, 3.63) is 42.0 Å². The third kappa shape index (κ3) is 1.28. The van der Waals surface area contributed by atoms with Gasteiger partial charge in [-0.2, -0.15) is 0 Å². The van der Waals surface area contributed by atoms with Crippen LogP contribution in [-0.4, -0.2) is 37.1 Å². The molecule has 2 nitrogen and oxygen atoms in total. The van der Waals surface area contributed by atoms with E-state index >= 15 is 0 Å². The number of nitrogens with zero attached hydrogens (tertiary/aromatic N) is 2. The fraction of sp³-hybridized carbons (Fsp3) is 0.600. The van der Waals surface area contributed by atoms with Crippen LogP contribution in [0.5, 0.6) is 0 Å². The van der Waals surface area contributed by atoms with Gasteiger partial charge in [0, 0.05) is 42.2 Å². The Bertz CT molecular complexity index is 651. The third-order valence-corrected chi connectivity index (χ3v) is 7.39. The molecule has 0 aromatic heterocycles. The van der Waals surface area contributed by atoms with Gasteiger partial charge in [0.15, 0.2) is 0 Å². The van der Waals surface area contributed by atoms with Crippen molar-refractivity contribution in [2.75, 3.05) is 25.0 Å². The van der Waals surface area contributed by atoms with Gasteiger partial charge in [-0.25, -0.2) is 0 Å². The van der Waals surface area contributed by atoms with Crippen LogP contribution in [0.15, 0.2) is 36.4 Å². The van der Waals surface area contributed by atoms with Gasteiger partial charge < -0.3 is 4.90 Å². The SMILES string of the molecule is CC[C@]12C=CCN3CC[C@@]4(c5ccccc5N(C)[C@H]4CC1)[C@@H]32. The highest BCUT2D eigenvalue weighted by Gasteiger charge is 2.66. The zero-order chi connectivity index (χ0) is 14.9. The van der Waals surface area contributed by atoms with Crippen molar-refractivity contribution in [1.29, 1.82) is 0 Å². The normalized spacial score (nSPS) is 42.2. The highest BCUT2D eigenvalue weighted by Crippen LogP contribution is 2.63. The Morgan fingerprint density at radius 2 is 2.09 bits per heavy atom. The van der Waals surface area contributed by atoms with Gasteiger partial charge in [0.1, 0.15) is 0 Å². The van der Waals surface area contributed by atoms with Crippen molar-refractivity contribution in [2.45, 2.75) is 50.1 Å². The largest absolute Gasteiger partial charge is 0.370 e. The van der Waals surface area contributed by atoms with Gasteiger partial charge in [-0.3, -0.25) is 4.90 Å². The molecule has 1 spiro atoms. The Hall–Kier alpha value is -1.28. The van der Waals surface area contributed by atoms with Crippen molar-refractivity contribution < 1.29 is 0 Å². The number of rotatable bonds is 1. The zero-order valence-electron chi connectivity index (χ0n) is 13.8. The maximum Gasteiger partial charge on any atom is 0.0406 e. The number of para-hydroxylation sites is 1. The predicted molar refractivity (Wildman–Crippen MR) is 91.4 cm³/mol. The van der Waals surface area contributed by atoms with Crippen LogP contribution in [0.4, 0.5) is 5.69 Å². The van der Waals surface area contributed by atoms with Crippen LogP contribution in [-0.2, 0) is 5.41 Å². The fourth-order valence-corrected chi connectivity index (χ4v) is 6.57. The third-order valence-electron chi connectivity index (χ3n) is 7.39. The van der Waals surface area contributed by atoms with E-state index in [1.807, 2.05) is 0 Å². The fourth-order valence-electron chi connectivity index (χ4n) is 6.57. The van der Waals surface area contributed by atoms with Gasteiger partial charge in [-0.15, -0.1) is 0 Å². The van der Waals surface area contributed by atoms with Crippen LogP contribution in [0.1, 0.15) is 38.2 Å². The maximum atomic E-state index is 2.80. The van der Waals surface area contributed by atoms with E-state index in [0.29, 0.717) is 22.9 Å². The van der Waals surface area contributed by atoms with Gasteiger partial charge >= 0.3 is 0 Å². The first-order valence-corrected chi connectivity index (χ1v) is 8.97. The summed E-state index contributed by atoms with van der Waals surface area (Å²) in [6, 6.07) is 10.7. The number of hydrogen-bond acceptors (Lipinski definition) is 2. The van der Waals surface area contributed by atoms with Crippen molar-refractivity contribution >= 4 is 5.69 Å². The molecule has 0 amide bonds. The van der Waals surface area contributed by atoms with E-state index in [4.69, 9.17) is 0 Å². The second kappa shape index (κ2) is 4.17. The van der Waals surface area contributed by atoms with Crippen LogP contribution in [0, 0.1) is 5.41 Å². The molecular weight excluding hydrogens is 268 g/mol. The quantitative estimate of drug-likeness (QED) is 0.731. The molecule has 1 saturated heterocycles. The van der Waals surface area contributed by atoms with Crippen molar-refractivity contribution in [1.82, 2.24) is 4.90 Å². The average Bonchev–Trinajstić information content (AvgIpc) is 3.08. The standard InChI is InChI=1S/C20H26N2/c1-3-19-10-6-13-22-14-12-20(18(19)22)15-7-4-5-8-16(15)21(2)17(20)9-11-19/h4-8,10,17-18H,3,9,11-14H2,1-2H3/t17-,18-,19-,20-/m0/s1. The summed E-state index contributed by atoms with van der Waals surface area (Å²) in [5.41, 5.74) is 3.91. The number of fused-ring (bicyclic) bond motifs is 1. The predicted octanol–water partition coefficient (Wildman–Crippen LogP) is 3.58. The Labute approximate surface area is 133 Å². The number of hydrogen-bond donors (Lipinski definition) is 0. The molecule has 3 heterocycles. The Morgan fingerprint density at radius 1 is 1.23 bits per heavy atom.